The first-order chi connectivity index (χ1) is 7.81. The van der Waals surface area contributed by atoms with E-state index >= 15 is 0 Å². The van der Waals surface area contributed by atoms with Gasteiger partial charge >= 0.3 is 0 Å². The Kier molecular flexibility index (Phi) is 4.39. The van der Waals surface area contributed by atoms with Gasteiger partial charge in [0.05, 0.1) is 0 Å². The molecule has 0 aromatic heterocycles. The van der Waals surface area contributed by atoms with Gasteiger partial charge in [-0.3, -0.25) is 9.69 Å². The molecule has 2 aliphatic rings. The topological polar surface area (TPSA) is 20.3 Å². The quantitative estimate of drug-likeness (QED) is 0.732. The van der Waals surface area contributed by atoms with Crippen LogP contribution in [0.4, 0.5) is 0 Å². The fraction of sp³-hybridized carbons (Fsp3) is 0.929. The lowest BCUT2D eigenvalue weighted by Crippen LogP contribution is -2.46. The molecule has 0 bridgehead atoms. The summed E-state index contributed by atoms with van der Waals surface area (Å²) in [6.45, 7) is 3.39. The molecule has 2 nitrogen and oxygen atoms in total. The Hall–Kier alpha value is -0.370. The summed E-state index contributed by atoms with van der Waals surface area (Å²) in [5.74, 6) is 0.491. The molecule has 2 rings (SSSR count). The van der Waals surface area contributed by atoms with Crippen molar-refractivity contribution in [2.24, 2.45) is 0 Å². The molecule has 92 valence electrons. The standard InChI is InChI=1S/C14H25NO/c1-2-15(12-7-4-3-5-8-12)13-9-6-10-14(16)11-13/h12-13H,2-11H2,1H3. The van der Waals surface area contributed by atoms with Gasteiger partial charge in [-0.15, -0.1) is 0 Å². The minimum absolute atomic E-state index is 0.491. The van der Waals surface area contributed by atoms with E-state index in [-0.39, 0.29) is 0 Å². The summed E-state index contributed by atoms with van der Waals surface area (Å²) in [5, 5.41) is 0. The molecule has 0 spiro atoms. The SMILES string of the molecule is CCN(C1CCCCC1)C1CCCC(=O)C1. The fourth-order valence-corrected chi connectivity index (χ4v) is 3.51. The minimum Gasteiger partial charge on any atom is -0.300 e. The van der Waals surface area contributed by atoms with E-state index in [9.17, 15) is 4.79 Å². The molecular weight excluding hydrogens is 198 g/mol. The summed E-state index contributed by atoms with van der Waals surface area (Å²) in [5.41, 5.74) is 0. The van der Waals surface area contributed by atoms with Crippen molar-refractivity contribution in [3.05, 3.63) is 0 Å². The third-order valence-electron chi connectivity index (χ3n) is 4.33. The van der Waals surface area contributed by atoms with E-state index in [0.29, 0.717) is 11.8 Å². The molecule has 0 amide bonds. The van der Waals surface area contributed by atoms with Crippen molar-refractivity contribution in [3.63, 3.8) is 0 Å². The van der Waals surface area contributed by atoms with E-state index in [1.54, 1.807) is 0 Å². The maximum atomic E-state index is 11.5. The Morgan fingerprint density at radius 2 is 1.75 bits per heavy atom. The van der Waals surface area contributed by atoms with Gasteiger partial charge in [0.25, 0.3) is 0 Å². The zero-order valence-corrected chi connectivity index (χ0v) is 10.6. The van der Waals surface area contributed by atoms with Gasteiger partial charge < -0.3 is 0 Å². The van der Waals surface area contributed by atoms with Crippen molar-refractivity contribution in [2.45, 2.75) is 76.8 Å². The van der Waals surface area contributed by atoms with Crippen molar-refractivity contribution >= 4 is 5.78 Å². The summed E-state index contributed by atoms with van der Waals surface area (Å²) in [4.78, 5) is 14.2. The largest absolute Gasteiger partial charge is 0.300 e. The lowest BCUT2D eigenvalue weighted by atomic mass is 9.88. The number of rotatable bonds is 3. The van der Waals surface area contributed by atoms with E-state index in [4.69, 9.17) is 0 Å². The average Bonchev–Trinajstić information content (AvgIpc) is 2.31. The molecule has 0 radical (unpaired) electrons. The Morgan fingerprint density at radius 3 is 2.38 bits per heavy atom. The fourth-order valence-electron chi connectivity index (χ4n) is 3.51. The van der Waals surface area contributed by atoms with E-state index in [1.807, 2.05) is 0 Å². The molecule has 0 N–H and O–H groups in total. The van der Waals surface area contributed by atoms with Crippen molar-refractivity contribution < 1.29 is 4.79 Å². The second-order valence-corrected chi connectivity index (χ2v) is 5.41. The molecule has 2 aliphatic carbocycles. The van der Waals surface area contributed by atoms with Gasteiger partial charge in [0, 0.05) is 24.9 Å². The molecule has 0 aliphatic heterocycles. The third kappa shape index (κ3) is 2.85. The van der Waals surface area contributed by atoms with Gasteiger partial charge in [-0.05, 0) is 32.2 Å². The second-order valence-electron chi connectivity index (χ2n) is 5.41. The minimum atomic E-state index is 0.491. The Labute approximate surface area is 99.4 Å². The summed E-state index contributed by atoms with van der Waals surface area (Å²) in [6.07, 6.45) is 10.9. The van der Waals surface area contributed by atoms with Crippen LogP contribution in [0.15, 0.2) is 0 Å². The van der Waals surface area contributed by atoms with Crippen molar-refractivity contribution in [2.75, 3.05) is 6.54 Å². The van der Waals surface area contributed by atoms with Crippen LogP contribution in [0.25, 0.3) is 0 Å². The predicted octanol–water partition coefficient (Wildman–Crippen LogP) is 3.15. The van der Waals surface area contributed by atoms with Gasteiger partial charge in [-0.25, -0.2) is 0 Å². The monoisotopic (exact) mass is 223 g/mol. The number of hydrogen-bond donors (Lipinski definition) is 0. The summed E-state index contributed by atoms with van der Waals surface area (Å²) >= 11 is 0. The van der Waals surface area contributed by atoms with Crippen LogP contribution in [-0.4, -0.2) is 29.3 Å². The molecule has 16 heavy (non-hydrogen) atoms. The molecule has 1 atom stereocenters. The van der Waals surface area contributed by atoms with E-state index in [2.05, 4.69) is 11.8 Å². The molecule has 0 heterocycles. The lowest BCUT2D eigenvalue weighted by molar-refractivity contribution is -0.122. The first-order valence-corrected chi connectivity index (χ1v) is 7.08. The normalized spacial score (nSPS) is 28.6. The molecule has 2 saturated carbocycles. The van der Waals surface area contributed by atoms with Crippen LogP contribution < -0.4 is 0 Å². The number of carbonyl (C=O) groups is 1. The van der Waals surface area contributed by atoms with Crippen LogP contribution in [0.2, 0.25) is 0 Å². The third-order valence-corrected chi connectivity index (χ3v) is 4.33. The van der Waals surface area contributed by atoms with Crippen LogP contribution >= 0.6 is 0 Å². The van der Waals surface area contributed by atoms with E-state index in [0.717, 1.165) is 31.8 Å². The molecular formula is C14H25NO. The maximum Gasteiger partial charge on any atom is 0.134 e. The number of carbonyl (C=O) groups excluding carboxylic acids is 1. The van der Waals surface area contributed by atoms with Crippen LogP contribution in [0.5, 0.6) is 0 Å². The molecule has 1 unspecified atom stereocenters. The first kappa shape index (κ1) is 12.1. The van der Waals surface area contributed by atoms with E-state index < -0.39 is 0 Å². The Bertz CT molecular complexity index is 233. The molecule has 0 saturated heterocycles. The Morgan fingerprint density at radius 1 is 1.06 bits per heavy atom. The summed E-state index contributed by atoms with van der Waals surface area (Å²) < 4.78 is 0. The van der Waals surface area contributed by atoms with Gasteiger partial charge in [-0.2, -0.15) is 0 Å². The highest BCUT2D eigenvalue weighted by molar-refractivity contribution is 5.79. The van der Waals surface area contributed by atoms with Gasteiger partial charge in [0.15, 0.2) is 0 Å². The smallest absolute Gasteiger partial charge is 0.134 e. The van der Waals surface area contributed by atoms with Gasteiger partial charge in [0.2, 0.25) is 0 Å². The maximum absolute atomic E-state index is 11.5. The summed E-state index contributed by atoms with van der Waals surface area (Å²) in [6, 6.07) is 1.34. The zero-order valence-electron chi connectivity index (χ0n) is 10.6. The molecule has 0 aromatic rings. The van der Waals surface area contributed by atoms with Crippen LogP contribution in [0.3, 0.4) is 0 Å². The highest BCUT2D eigenvalue weighted by Crippen LogP contribution is 2.28. The van der Waals surface area contributed by atoms with E-state index in [1.165, 1.54) is 38.5 Å². The van der Waals surface area contributed by atoms with Crippen molar-refractivity contribution in [3.8, 4) is 0 Å². The lowest BCUT2D eigenvalue weighted by Gasteiger charge is -2.40. The summed E-state index contributed by atoms with van der Waals surface area (Å²) in [7, 11) is 0. The van der Waals surface area contributed by atoms with Gasteiger partial charge in [-0.1, -0.05) is 26.2 Å². The zero-order chi connectivity index (χ0) is 11.4. The number of nitrogens with zero attached hydrogens (tertiary/aromatic N) is 1. The van der Waals surface area contributed by atoms with Crippen LogP contribution in [0.1, 0.15) is 64.7 Å². The average molecular weight is 223 g/mol. The predicted molar refractivity (Wildman–Crippen MR) is 66.5 cm³/mol. The molecule has 2 heteroatoms. The second kappa shape index (κ2) is 5.81. The van der Waals surface area contributed by atoms with Gasteiger partial charge in [0.1, 0.15) is 5.78 Å². The number of Topliss-reactive ketones (excluding diaryl/α,β-unsaturated/α-hetero) is 1. The molecule has 2 fully saturated rings. The highest BCUT2D eigenvalue weighted by atomic mass is 16.1. The molecule has 0 aromatic carbocycles. The highest BCUT2D eigenvalue weighted by Gasteiger charge is 2.29. The van der Waals surface area contributed by atoms with Crippen LogP contribution in [-0.2, 0) is 4.79 Å². The Balaban J connectivity index is 1.94. The van der Waals surface area contributed by atoms with Crippen molar-refractivity contribution in [1.29, 1.82) is 0 Å². The van der Waals surface area contributed by atoms with Crippen molar-refractivity contribution in [1.82, 2.24) is 4.90 Å². The van der Waals surface area contributed by atoms with Crippen LogP contribution in [0, 0.1) is 0 Å². The first-order valence-electron chi connectivity index (χ1n) is 7.08. The number of ketones is 1. The number of hydrogen-bond acceptors (Lipinski definition) is 2.